The summed E-state index contributed by atoms with van der Waals surface area (Å²) in [6, 6.07) is 6.13. The van der Waals surface area contributed by atoms with Crippen molar-refractivity contribution in [3.05, 3.63) is 45.9 Å². The lowest BCUT2D eigenvalue weighted by Crippen LogP contribution is -1.93. The fourth-order valence-corrected chi connectivity index (χ4v) is 2.46. The second-order valence-electron chi connectivity index (χ2n) is 3.36. The van der Waals surface area contributed by atoms with Gasteiger partial charge in [-0.05, 0) is 12.1 Å². The van der Waals surface area contributed by atoms with Gasteiger partial charge in [0.25, 0.3) is 5.69 Å². The zero-order valence-electron chi connectivity index (χ0n) is 9.74. The number of non-ortho nitro benzene ring substituents is 1. The topological polar surface area (TPSA) is 78.2 Å². The van der Waals surface area contributed by atoms with Gasteiger partial charge in [0, 0.05) is 17.0 Å². The fourth-order valence-electron chi connectivity index (χ4n) is 1.33. The molecule has 1 heterocycles. The van der Waals surface area contributed by atoms with Gasteiger partial charge in [-0.1, -0.05) is 23.4 Å². The van der Waals surface area contributed by atoms with Crippen LogP contribution >= 0.6 is 23.4 Å². The number of benzene rings is 1. The summed E-state index contributed by atoms with van der Waals surface area (Å²) in [4.78, 5) is 18.8. The first-order valence-corrected chi connectivity index (χ1v) is 6.28. The van der Waals surface area contributed by atoms with Gasteiger partial charge in [-0.25, -0.2) is 9.97 Å². The number of nitrogens with zero attached hydrogens (tertiary/aromatic N) is 3. The SMILES string of the molecule is COc1c(Cl)ncnc1Sc1ccc([N+](=O)[O-])cc1. The number of hydrogen-bond donors (Lipinski definition) is 0. The predicted molar refractivity (Wildman–Crippen MR) is 70.8 cm³/mol. The first kappa shape index (κ1) is 13.6. The molecule has 1 aromatic heterocycles. The number of rotatable bonds is 4. The van der Waals surface area contributed by atoms with Crippen molar-refractivity contribution < 1.29 is 9.66 Å². The standard InChI is InChI=1S/C11H8ClN3O3S/c1-18-9-10(12)13-6-14-11(9)19-8-4-2-7(3-5-8)15(16)17/h2-6H,1H3. The molecule has 0 amide bonds. The van der Waals surface area contributed by atoms with E-state index in [0.717, 1.165) is 4.90 Å². The summed E-state index contributed by atoms with van der Waals surface area (Å²) < 4.78 is 5.12. The zero-order chi connectivity index (χ0) is 13.8. The van der Waals surface area contributed by atoms with Crippen LogP contribution in [0.2, 0.25) is 5.15 Å². The van der Waals surface area contributed by atoms with Crippen molar-refractivity contribution in [3.63, 3.8) is 0 Å². The molecule has 0 atom stereocenters. The van der Waals surface area contributed by atoms with Crippen molar-refractivity contribution in [2.24, 2.45) is 0 Å². The molecular formula is C11H8ClN3O3S. The number of methoxy groups -OCH3 is 1. The lowest BCUT2D eigenvalue weighted by atomic mass is 10.3. The third-order valence-corrected chi connectivity index (χ3v) is 3.46. The molecule has 0 N–H and O–H groups in total. The highest BCUT2D eigenvalue weighted by molar-refractivity contribution is 7.99. The van der Waals surface area contributed by atoms with Gasteiger partial charge in [0.05, 0.1) is 12.0 Å². The van der Waals surface area contributed by atoms with E-state index in [-0.39, 0.29) is 10.8 Å². The van der Waals surface area contributed by atoms with E-state index in [0.29, 0.717) is 10.8 Å². The van der Waals surface area contributed by atoms with Gasteiger partial charge in [0.15, 0.2) is 10.9 Å². The lowest BCUT2D eigenvalue weighted by molar-refractivity contribution is -0.384. The van der Waals surface area contributed by atoms with Crippen LogP contribution in [0.5, 0.6) is 5.75 Å². The summed E-state index contributed by atoms with van der Waals surface area (Å²) in [5.74, 6) is 0.382. The van der Waals surface area contributed by atoms with Crippen LogP contribution in [0, 0.1) is 10.1 Å². The van der Waals surface area contributed by atoms with E-state index in [1.807, 2.05) is 0 Å². The third kappa shape index (κ3) is 3.12. The Labute approximate surface area is 117 Å². The maximum atomic E-state index is 10.6. The Morgan fingerprint density at radius 3 is 2.58 bits per heavy atom. The van der Waals surface area contributed by atoms with Crippen molar-refractivity contribution in [2.45, 2.75) is 9.92 Å². The first-order valence-electron chi connectivity index (χ1n) is 5.08. The normalized spacial score (nSPS) is 10.2. The molecule has 0 aliphatic rings. The summed E-state index contributed by atoms with van der Waals surface area (Å²) in [6.07, 6.45) is 1.33. The highest BCUT2D eigenvalue weighted by Crippen LogP contribution is 2.36. The fraction of sp³-hybridized carbons (Fsp3) is 0.0909. The molecule has 0 saturated heterocycles. The molecule has 1 aromatic carbocycles. The Hall–Kier alpha value is -1.86. The Bertz CT molecular complexity index is 607. The van der Waals surface area contributed by atoms with Crippen molar-refractivity contribution in [2.75, 3.05) is 7.11 Å². The minimum Gasteiger partial charge on any atom is -0.491 e. The summed E-state index contributed by atoms with van der Waals surface area (Å²) in [6.45, 7) is 0. The number of aromatic nitrogens is 2. The Kier molecular flexibility index (Phi) is 4.18. The second kappa shape index (κ2) is 5.85. The van der Waals surface area contributed by atoms with Crippen LogP contribution in [0.4, 0.5) is 5.69 Å². The quantitative estimate of drug-likeness (QED) is 0.490. The van der Waals surface area contributed by atoms with Crippen LogP contribution < -0.4 is 4.74 Å². The highest BCUT2D eigenvalue weighted by atomic mass is 35.5. The number of halogens is 1. The van der Waals surface area contributed by atoms with E-state index >= 15 is 0 Å². The van der Waals surface area contributed by atoms with Crippen molar-refractivity contribution in [1.82, 2.24) is 9.97 Å². The lowest BCUT2D eigenvalue weighted by Gasteiger charge is -2.07. The van der Waals surface area contributed by atoms with Crippen LogP contribution in [0.15, 0.2) is 40.5 Å². The molecule has 0 unspecified atom stereocenters. The molecule has 0 aliphatic heterocycles. The van der Waals surface area contributed by atoms with E-state index in [4.69, 9.17) is 16.3 Å². The van der Waals surface area contributed by atoms with Crippen LogP contribution in [-0.4, -0.2) is 22.0 Å². The molecule has 0 saturated carbocycles. The smallest absolute Gasteiger partial charge is 0.269 e. The molecule has 98 valence electrons. The summed E-state index contributed by atoms with van der Waals surface area (Å²) in [7, 11) is 1.48. The second-order valence-corrected chi connectivity index (χ2v) is 4.78. The molecule has 0 aliphatic carbocycles. The van der Waals surface area contributed by atoms with E-state index in [1.54, 1.807) is 12.1 Å². The molecule has 0 spiro atoms. The predicted octanol–water partition coefficient (Wildman–Crippen LogP) is 3.20. The zero-order valence-corrected chi connectivity index (χ0v) is 11.3. The Balaban J connectivity index is 2.26. The van der Waals surface area contributed by atoms with Crippen LogP contribution in [0.1, 0.15) is 0 Å². The van der Waals surface area contributed by atoms with E-state index in [1.165, 1.54) is 37.3 Å². The Morgan fingerprint density at radius 1 is 1.32 bits per heavy atom. The van der Waals surface area contributed by atoms with E-state index in [2.05, 4.69) is 9.97 Å². The molecule has 6 nitrogen and oxygen atoms in total. The molecule has 8 heteroatoms. The van der Waals surface area contributed by atoms with Crippen molar-refractivity contribution in [1.29, 1.82) is 0 Å². The first-order chi connectivity index (χ1) is 9.11. The largest absolute Gasteiger partial charge is 0.491 e. The summed E-state index contributed by atoms with van der Waals surface area (Å²) in [5, 5.41) is 11.3. The van der Waals surface area contributed by atoms with Gasteiger partial charge < -0.3 is 4.74 Å². The minimum atomic E-state index is -0.448. The molecular weight excluding hydrogens is 290 g/mol. The van der Waals surface area contributed by atoms with Crippen LogP contribution in [0.3, 0.4) is 0 Å². The van der Waals surface area contributed by atoms with Gasteiger partial charge in [0.1, 0.15) is 11.4 Å². The van der Waals surface area contributed by atoms with Crippen molar-refractivity contribution in [3.8, 4) is 5.75 Å². The maximum Gasteiger partial charge on any atom is 0.269 e. The molecule has 19 heavy (non-hydrogen) atoms. The number of ether oxygens (including phenoxy) is 1. The van der Waals surface area contributed by atoms with Gasteiger partial charge in [0.2, 0.25) is 0 Å². The third-order valence-electron chi connectivity index (χ3n) is 2.19. The molecule has 0 fully saturated rings. The van der Waals surface area contributed by atoms with Gasteiger partial charge in [-0.3, -0.25) is 10.1 Å². The van der Waals surface area contributed by atoms with Gasteiger partial charge in [-0.15, -0.1) is 0 Å². The van der Waals surface area contributed by atoms with Crippen LogP contribution in [-0.2, 0) is 0 Å². The number of nitro benzene ring substituents is 1. The van der Waals surface area contributed by atoms with E-state index in [9.17, 15) is 10.1 Å². The van der Waals surface area contributed by atoms with Gasteiger partial charge in [-0.2, -0.15) is 0 Å². The monoisotopic (exact) mass is 297 g/mol. The minimum absolute atomic E-state index is 0.0389. The highest BCUT2D eigenvalue weighted by Gasteiger charge is 2.12. The number of hydrogen-bond acceptors (Lipinski definition) is 6. The molecule has 0 radical (unpaired) electrons. The maximum absolute atomic E-state index is 10.6. The Morgan fingerprint density at radius 2 is 2.00 bits per heavy atom. The average Bonchev–Trinajstić information content (AvgIpc) is 2.39. The van der Waals surface area contributed by atoms with E-state index < -0.39 is 4.92 Å². The van der Waals surface area contributed by atoms with Crippen molar-refractivity contribution >= 4 is 29.1 Å². The average molecular weight is 298 g/mol. The summed E-state index contributed by atoms with van der Waals surface area (Å²) in [5.41, 5.74) is 0.0389. The van der Waals surface area contributed by atoms with Crippen LogP contribution in [0.25, 0.3) is 0 Å². The molecule has 2 rings (SSSR count). The molecule has 2 aromatic rings. The molecule has 0 bridgehead atoms. The number of nitro groups is 1. The summed E-state index contributed by atoms with van der Waals surface area (Å²) >= 11 is 7.17. The van der Waals surface area contributed by atoms with Gasteiger partial charge >= 0.3 is 0 Å².